The highest BCUT2D eigenvalue weighted by molar-refractivity contribution is 5.36. The molecular weight excluding hydrogens is 176 g/mol. The summed E-state index contributed by atoms with van der Waals surface area (Å²) in [6, 6.07) is 7.98. The van der Waals surface area contributed by atoms with E-state index >= 15 is 0 Å². The Kier molecular flexibility index (Phi) is 2.00. The van der Waals surface area contributed by atoms with Gasteiger partial charge in [-0.2, -0.15) is 0 Å². The molecule has 0 fully saturated rings. The zero-order valence-corrected chi connectivity index (χ0v) is 8.23. The summed E-state index contributed by atoms with van der Waals surface area (Å²) in [5.41, 5.74) is 2.93. The Morgan fingerprint density at radius 2 is 2.07 bits per heavy atom. The molecule has 0 atom stereocenters. The first kappa shape index (κ1) is 8.81. The molecule has 2 aromatic rings. The van der Waals surface area contributed by atoms with Crippen molar-refractivity contribution >= 4 is 0 Å². The quantitative estimate of drug-likeness (QED) is 0.745. The van der Waals surface area contributed by atoms with Gasteiger partial charge in [-0.15, -0.1) is 5.10 Å². The topological polar surface area (TPSA) is 38.0 Å². The predicted molar refractivity (Wildman–Crippen MR) is 54.7 cm³/mol. The molecule has 0 aliphatic heterocycles. The lowest BCUT2D eigenvalue weighted by molar-refractivity contribution is 0.444. The molecule has 2 rings (SSSR count). The van der Waals surface area contributed by atoms with Gasteiger partial charge in [-0.25, -0.2) is 4.68 Å². The fourth-order valence-corrected chi connectivity index (χ4v) is 1.35. The maximum atomic E-state index is 9.34. The number of rotatable bonds is 1. The van der Waals surface area contributed by atoms with Crippen LogP contribution in [0, 0.1) is 13.8 Å². The van der Waals surface area contributed by atoms with Crippen LogP contribution in [0.2, 0.25) is 0 Å². The van der Waals surface area contributed by atoms with Crippen LogP contribution in [0.1, 0.15) is 11.1 Å². The van der Waals surface area contributed by atoms with Gasteiger partial charge in [0.1, 0.15) is 0 Å². The van der Waals surface area contributed by atoms with Gasteiger partial charge < -0.3 is 5.11 Å². The van der Waals surface area contributed by atoms with Crippen molar-refractivity contribution in [3.05, 3.63) is 41.6 Å². The molecule has 1 heterocycles. The van der Waals surface area contributed by atoms with Crippen LogP contribution in [0.25, 0.3) is 5.69 Å². The largest absolute Gasteiger partial charge is 0.492 e. The lowest BCUT2D eigenvalue weighted by Gasteiger charge is -2.00. The second kappa shape index (κ2) is 3.18. The zero-order chi connectivity index (χ0) is 10.1. The molecule has 14 heavy (non-hydrogen) atoms. The standard InChI is InChI=1S/C11H12N2O/c1-8-4-3-5-10(6-8)13-7-9(2)11(14)12-13/h3-7H,1-2H3,(H,12,14). The number of aromatic nitrogens is 2. The van der Waals surface area contributed by atoms with E-state index in [-0.39, 0.29) is 5.88 Å². The van der Waals surface area contributed by atoms with Crippen LogP contribution in [-0.2, 0) is 0 Å². The van der Waals surface area contributed by atoms with Gasteiger partial charge in [-0.05, 0) is 31.5 Å². The van der Waals surface area contributed by atoms with E-state index < -0.39 is 0 Å². The summed E-state index contributed by atoms with van der Waals surface area (Å²) in [4.78, 5) is 0. The maximum Gasteiger partial charge on any atom is 0.233 e. The predicted octanol–water partition coefficient (Wildman–Crippen LogP) is 2.19. The van der Waals surface area contributed by atoms with E-state index in [4.69, 9.17) is 0 Å². The van der Waals surface area contributed by atoms with Crippen molar-refractivity contribution in [3.8, 4) is 11.6 Å². The molecule has 1 aromatic heterocycles. The van der Waals surface area contributed by atoms with E-state index in [9.17, 15) is 5.11 Å². The van der Waals surface area contributed by atoms with E-state index in [2.05, 4.69) is 5.10 Å². The number of hydrogen-bond acceptors (Lipinski definition) is 2. The van der Waals surface area contributed by atoms with E-state index in [1.54, 1.807) is 4.68 Å². The summed E-state index contributed by atoms with van der Waals surface area (Å²) in [6.45, 7) is 3.86. The van der Waals surface area contributed by atoms with Crippen LogP contribution in [-0.4, -0.2) is 14.9 Å². The van der Waals surface area contributed by atoms with Crippen molar-refractivity contribution in [3.63, 3.8) is 0 Å². The van der Waals surface area contributed by atoms with Crippen LogP contribution in [0.15, 0.2) is 30.5 Å². The third kappa shape index (κ3) is 1.48. The number of hydrogen-bond donors (Lipinski definition) is 1. The lowest BCUT2D eigenvalue weighted by Crippen LogP contribution is -1.93. The summed E-state index contributed by atoms with van der Waals surface area (Å²) in [5.74, 6) is 0.0894. The second-order valence-electron chi connectivity index (χ2n) is 3.42. The van der Waals surface area contributed by atoms with E-state index in [1.807, 2.05) is 44.3 Å². The number of nitrogens with zero attached hydrogens (tertiary/aromatic N) is 2. The molecule has 3 nitrogen and oxygen atoms in total. The van der Waals surface area contributed by atoms with Gasteiger partial charge in [-0.1, -0.05) is 12.1 Å². The Morgan fingerprint density at radius 3 is 2.64 bits per heavy atom. The highest BCUT2D eigenvalue weighted by Gasteiger charge is 2.03. The minimum atomic E-state index is 0.0894. The average Bonchev–Trinajstić information content (AvgIpc) is 2.47. The number of benzene rings is 1. The first-order valence-corrected chi connectivity index (χ1v) is 4.49. The maximum absolute atomic E-state index is 9.34. The Hall–Kier alpha value is -1.77. The third-order valence-corrected chi connectivity index (χ3v) is 2.14. The molecule has 0 unspecified atom stereocenters. The Bertz CT molecular complexity index is 441. The third-order valence-electron chi connectivity index (χ3n) is 2.14. The lowest BCUT2D eigenvalue weighted by atomic mass is 10.2. The van der Waals surface area contributed by atoms with Crippen molar-refractivity contribution < 1.29 is 5.11 Å². The first-order chi connectivity index (χ1) is 6.66. The van der Waals surface area contributed by atoms with Crippen molar-refractivity contribution in [2.45, 2.75) is 13.8 Å². The summed E-state index contributed by atoms with van der Waals surface area (Å²) >= 11 is 0. The molecule has 72 valence electrons. The second-order valence-corrected chi connectivity index (χ2v) is 3.42. The minimum Gasteiger partial charge on any atom is -0.492 e. The molecule has 3 heteroatoms. The highest BCUT2D eigenvalue weighted by atomic mass is 16.3. The molecule has 0 spiro atoms. The fourth-order valence-electron chi connectivity index (χ4n) is 1.35. The molecule has 0 aliphatic rings. The minimum absolute atomic E-state index is 0.0894. The number of aryl methyl sites for hydroxylation is 2. The van der Waals surface area contributed by atoms with E-state index in [1.165, 1.54) is 5.56 Å². The summed E-state index contributed by atoms with van der Waals surface area (Å²) in [6.07, 6.45) is 1.81. The van der Waals surface area contributed by atoms with E-state index in [0.717, 1.165) is 11.3 Å². The SMILES string of the molecule is Cc1cccc(-n2cc(C)c(O)n2)c1. The molecule has 0 bridgehead atoms. The van der Waals surface area contributed by atoms with Crippen molar-refractivity contribution in [1.82, 2.24) is 9.78 Å². The van der Waals surface area contributed by atoms with E-state index in [0.29, 0.717) is 0 Å². The molecule has 1 aromatic carbocycles. The zero-order valence-electron chi connectivity index (χ0n) is 8.23. The van der Waals surface area contributed by atoms with Crippen molar-refractivity contribution in [2.75, 3.05) is 0 Å². The molecule has 1 N–H and O–H groups in total. The molecule has 0 aliphatic carbocycles. The summed E-state index contributed by atoms with van der Waals surface area (Å²) < 4.78 is 1.68. The van der Waals surface area contributed by atoms with Crippen LogP contribution in [0.3, 0.4) is 0 Å². The van der Waals surface area contributed by atoms with Crippen molar-refractivity contribution in [2.24, 2.45) is 0 Å². The first-order valence-electron chi connectivity index (χ1n) is 4.49. The van der Waals surface area contributed by atoms with Gasteiger partial charge in [0.05, 0.1) is 5.69 Å². The molecule has 0 amide bonds. The van der Waals surface area contributed by atoms with Crippen molar-refractivity contribution in [1.29, 1.82) is 0 Å². The molecule has 0 saturated heterocycles. The Morgan fingerprint density at radius 1 is 1.29 bits per heavy atom. The van der Waals surface area contributed by atoms with Crippen LogP contribution < -0.4 is 0 Å². The average molecular weight is 188 g/mol. The van der Waals surface area contributed by atoms with Crippen LogP contribution in [0.4, 0.5) is 0 Å². The highest BCUT2D eigenvalue weighted by Crippen LogP contribution is 2.16. The van der Waals surface area contributed by atoms with Crippen LogP contribution in [0.5, 0.6) is 5.88 Å². The van der Waals surface area contributed by atoms with Gasteiger partial charge in [0.25, 0.3) is 0 Å². The summed E-state index contributed by atoms with van der Waals surface area (Å²) in [5, 5.41) is 13.3. The Balaban J connectivity index is 2.49. The monoisotopic (exact) mass is 188 g/mol. The molecule has 0 radical (unpaired) electrons. The number of aromatic hydroxyl groups is 1. The van der Waals surface area contributed by atoms with Gasteiger partial charge in [0.15, 0.2) is 0 Å². The fraction of sp³-hybridized carbons (Fsp3) is 0.182. The van der Waals surface area contributed by atoms with Gasteiger partial charge >= 0.3 is 0 Å². The Labute approximate surface area is 82.6 Å². The van der Waals surface area contributed by atoms with Crippen LogP contribution >= 0.6 is 0 Å². The smallest absolute Gasteiger partial charge is 0.233 e. The normalized spacial score (nSPS) is 10.4. The van der Waals surface area contributed by atoms with Gasteiger partial charge in [0.2, 0.25) is 5.88 Å². The van der Waals surface area contributed by atoms with Gasteiger partial charge in [-0.3, -0.25) is 0 Å². The summed E-state index contributed by atoms with van der Waals surface area (Å²) in [7, 11) is 0. The molecular formula is C11H12N2O. The van der Waals surface area contributed by atoms with Gasteiger partial charge in [0, 0.05) is 11.8 Å². The molecule has 0 saturated carbocycles.